The van der Waals surface area contributed by atoms with Crippen molar-refractivity contribution in [1.82, 2.24) is 14.5 Å². The number of hydrogen-bond acceptors (Lipinski definition) is 7. The average molecular weight is 490 g/mol. The number of para-hydroxylation sites is 1. The number of anilines is 2. The molecule has 10 heteroatoms. The fourth-order valence-electron chi connectivity index (χ4n) is 3.92. The second-order valence-corrected chi connectivity index (χ2v) is 10.8. The van der Waals surface area contributed by atoms with E-state index in [9.17, 15) is 13.2 Å². The molecule has 0 bridgehead atoms. The number of rotatable bonds is 5. The van der Waals surface area contributed by atoms with Crippen LogP contribution in [0, 0.1) is 0 Å². The van der Waals surface area contributed by atoms with Crippen molar-refractivity contribution < 1.29 is 18.3 Å². The Kier molecular flexibility index (Phi) is 8.90. The van der Waals surface area contributed by atoms with Crippen molar-refractivity contribution in [1.29, 1.82) is 0 Å². The van der Waals surface area contributed by atoms with Crippen LogP contribution in [-0.2, 0) is 10.0 Å². The van der Waals surface area contributed by atoms with E-state index in [1.165, 1.54) is 31.9 Å². The predicted octanol–water partition coefficient (Wildman–Crippen LogP) is 1.48. The van der Waals surface area contributed by atoms with E-state index in [1.807, 2.05) is 11.9 Å². The molecule has 0 amide bonds. The second kappa shape index (κ2) is 11.7. The topological polar surface area (TPSA) is 96.4 Å². The number of nitrogens with zero attached hydrogens (tertiary/aromatic N) is 4. The Morgan fingerprint density at radius 2 is 1.53 bits per heavy atom. The normalized spacial score (nSPS) is 17.3. The van der Waals surface area contributed by atoms with Crippen molar-refractivity contribution in [2.75, 3.05) is 83.3 Å². The van der Waals surface area contributed by atoms with Gasteiger partial charge in [-0.2, -0.15) is 0 Å². The highest BCUT2D eigenvalue weighted by Crippen LogP contribution is 2.29. The third kappa shape index (κ3) is 6.47. The maximum absolute atomic E-state index is 12.5. The standard InChI is InChI=1S/C14H21N3O4S.C10H14N2/c1-15(2)22(20,21)13-10-11(14(18)19)4-5-12(13)17-8-6-16(3)7-9-17;1-2-4-10(5-3-1)12-8-6-11-7-9-12/h4-5,10H,6-9H2,1-3H3,(H,18,19);1-5,11H,6-9H2. The van der Waals surface area contributed by atoms with Crippen LogP contribution in [-0.4, -0.2) is 102 Å². The van der Waals surface area contributed by atoms with Crippen molar-refractivity contribution in [3.05, 3.63) is 54.1 Å². The Bertz CT molecular complexity index is 1050. The number of carboxylic acids is 1. The summed E-state index contributed by atoms with van der Waals surface area (Å²) in [7, 11) is 1.19. The molecule has 9 nitrogen and oxygen atoms in total. The van der Waals surface area contributed by atoms with E-state index >= 15 is 0 Å². The van der Waals surface area contributed by atoms with Crippen molar-refractivity contribution in [2.24, 2.45) is 0 Å². The van der Waals surface area contributed by atoms with E-state index in [2.05, 4.69) is 45.4 Å². The largest absolute Gasteiger partial charge is 0.478 e. The van der Waals surface area contributed by atoms with Crippen LogP contribution in [0.5, 0.6) is 0 Å². The van der Waals surface area contributed by atoms with Gasteiger partial charge >= 0.3 is 5.97 Å². The van der Waals surface area contributed by atoms with Crippen LogP contribution in [0.3, 0.4) is 0 Å². The number of nitrogens with one attached hydrogen (secondary N) is 1. The molecule has 4 rings (SSSR count). The minimum Gasteiger partial charge on any atom is -0.478 e. The van der Waals surface area contributed by atoms with E-state index in [-0.39, 0.29) is 10.5 Å². The minimum absolute atomic E-state index is 0.0293. The van der Waals surface area contributed by atoms with Crippen LogP contribution >= 0.6 is 0 Å². The summed E-state index contributed by atoms with van der Waals surface area (Å²) < 4.78 is 26.2. The zero-order chi connectivity index (χ0) is 24.7. The summed E-state index contributed by atoms with van der Waals surface area (Å²) in [6.45, 7) is 7.56. The second-order valence-electron chi connectivity index (χ2n) is 8.64. The number of aromatic carboxylic acids is 1. The van der Waals surface area contributed by atoms with Gasteiger partial charge in [0.1, 0.15) is 4.90 Å². The summed E-state index contributed by atoms with van der Waals surface area (Å²) in [6.07, 6.45) is 0. The molecule has 0 atom stereocenters. The molecule has 2 aliphatic rings. The van der Waals surface area contributed by atoms with Gasteiger partial charge in [-0.15, -0.1) is 0 Å². The summed E-state index contributed by atoms with van der Waals surface area (Å²) in [6, 6.07) is 14.9. The average Bonchev–Trinajstić information content (AvgIpc) is 2.85. The summed E-state index contributed by atoms with van der Waals surface area (Å²) in [4.78, 5) is 17.8. The third-order valence-electron chi connectivity index (χ3n) is 6.05. The molecule has 2 fully saturated rings. The molecule has 2 N–H and O–H groups in total. The van der Waals surface area contributed by atoms with Crippen molar-refractivity contribution in [3.8, 4) is 0 Å². The van der Waals surface area contributed by atoms with Crippen LogP contribution in [0.2, 0.25) is 0 Å². The zero-order valence-corrected chi connectivity index (χ0v) is 21.0. The Morgan fingerprint density at radius 3 is 2.09 bits per heavy atom. The van der Waals surface area contributed by atoms with E-state index in [1.54, 1.807) is 6.07 Å². The van der Waals surface area contributed by atoms with Crippen molar-refractivity contribution in [2.45, 2.75) is 4.90 Å². The number of carbonyl (C=O) groups is 1. The molecule has 34 heavy (non-hydrogen) atoms. The van der Waals surface area contributed by atoms with Gasteiger partial charge in [0.15, 0.2) is 0 Å². The minimum atomic E-state index is -3.71. The van der Waals surface area contributed by atoms with E-state index in [0.717, 1.165) is 43.6 Å². The number of piperazine rings is 2. The first-order valence-electron chi connectivity index (χ1n) is 11.4. The molecule has 0 unspecified atom stereocenters. The van der Waals surface area contributed by atoms with Crippen LogP contribution in [0.25, 0.3) is 0 Å². The predicted molar refractivity (Wildman–Crippen MR) is 136 cm³/mol. The third-order valence-corrected chi connectivity index (χ3v) is 7.89. The lowest BCUT2D eigenvalue weighted by Crippen LogP contribution is -2.45. The quantitative estimate of drug-likeness (QED) is 0.652. The van der Waals surface area contributed by atoms with Gasteiger partial charge in [-0.3, -0.25) is 0 Å². The molecule has 0 saturated carbocycles. The van der Waals surface area contributed by atoms with Crippen molar-refractivity contribution >= 4 is 27.4 Å². The number of carboxylic acid groups (broad SMARTS) is 1. The fourth-order valence-corrected chi connectivity index (χ4v) is 5.05. The van der Waals surface area contributed by atoms with Gasteiger partial charge in [-0.25, -0.2) is 17.5 Å². The molecule has 2 saturated heterocycles. The molecule has 2 heterocycles. The summed E-state index contributed by atoms with van der Waals surface area (Å²) in [5.41, 5.74) is 1.88. The number of benzene rings is 2. The smallest absolute Gasteiger partial charge is 0.335 e. The van der Waals surface area contributed by atoms with Crippen LogP contribution in [0.15, 0.2) is 53.4 Å². The summed E-state index contributed by atoms with van der Waals surface area (Å²) in [5.74, 6) is -1.14. The first-order valence-corrected chi connectivity index (χ1v) is 12.9. The van der Waals surface area contributed by atoms with Gasteiger partial charge in [0.2, 0.25) is 10.0 Å². The lowest BCUT2D eigenvalue weighted by Gasteiger charge is -2.35. The Hall–Kier alpha value is -2.66. The molecule has 2 aromatic carbocycles. The van der Waals surface area contributed by atoms with E-state index < -0.39 is 16.0 Å². The highest BCUT2D eigenvalue weighted by Gasteiger charge is 2.27. The lowest BCUT2D eigenvalue weighted by atomic mass is 10.2. The van der Waals surface area contributed by atoms with E-state index in [0.29, 0.717) is 18.8 Å². The monoisotopic (exact) mass is 489 g/mol. The molecule has 0 radical (unpaired) electrons. The Morgan fingerprint density at radius 1 is 0.912 bits per heavy atom. The summed E-state index contributed by atoms with van der Waals surface area (Å²) >= 11 is 0. The van der Waals surface area contributed by atoms with Crippen LogP contribution < -0.4 is 15.1 Å². The molecular formula is C24H35N5O4S. The highest BCUT2D eigenvalue weighted by atomic mass is 32.2. The first kappa shape index (κ1) is 26.0. The number of hydrogen-bond donors (Lipinski definition) is 2. The maximum Gasteiger partial charge on any atom is 0.335 e. The van der Waals surface area contributed by atoms with Gasteiger partial charge in [-0.1, -0.05) is 18.2 Å². The molecule has 2 aromatic rings. The SMILES string of the molecule is CN1CCN(c2ccc(C(=O)O)cc2S(=O)(=O)N(C)C)CC1.c1ccc(N2CCNCC2)cc1. The first-order chi connectivity index (χ1) is 16.2. The van der Waals surface area contributed by atoms with Crippen molar-refractivity contribution in [3.63, 3.8) is 0 Å². The highest BCUT2D eigenvalue weighted by molar-refractivity contribution is 7.89. The number of likely N-dealkylation sites (N-methyl/N-ethyl adjacent to an activating group) is 1. The molecule has 0 spiro atoms. The van der Waals surface area contributed by atoms with Gasteiger partial charge in [-0.05, 0) is 37.4 Å². The molecule has 2 aliphatic heterocycles. The van der Waals surface area contributed by atoms with Gasteiger partial charge in [0.05, 0.1) is 11.3 Å². The Labute approximate surface area is 202 Å². The zero-order valence-electron chi connectivity index (χ0n) is 20.1. The molecule has 0 aliphatic carbocycles. The van der Waals surface area contributed by atoms with Gasteiger partial charge < -0.3 is 25.1 Å². The van der Waals surface area contributed by atoms with Gasteiger partial charge in [0, 0.05) is 72.1 Å². The maximum atomic E-state index is 12.5. The molecular weight excluding hydrogens is 454 g/mol. The van der Waals surface area contributed by atoms with E-state index in [4.69, 9.17) is 5.11 Å². The fraction of sp³-hybridized carbons (Fsp3) is 0.458. The molecule has 0 aromatic heterocycles. The Balaban J connectivity index is 0.000000226. The number of sulfonamides is 1. The lowest BCUT2D eigenvalue weighted by molar-refractivity contribution is 0.0696. The van der Waals surface area contributed by atoms with Crippen LogP contribution in [0.4, 0.5) is 11.4 Å². The molecule has 186 valence electrons. The summed E-state index contributed by atoms with van der Waals surface area (Å²) in [5, 5.41) is 12.5. The van der Waals surface area contributed by atoms with Crippen LogP contribution in [0.1, 0.15) is 10.4 Å². The van der Waals surface area contributed by atoms with Gasteiger partial charge in [0.25, 0.3) is 0 Å².